The van der Waals surface area contributed by atoms with Gasteiger partial charge in [-0.3, -0.25) is 20.2 Å². The number of nitro benzene ring substituents is 1. The number of rotatable bonds is 4. The van der Waals surface area contributed by atoms with Crippen molar-refractivity contribution in [3.05, 3.63) is 56.0 Å². The Morgan fingerprint density at radius 1 is 1.10 bits per heavy atom. The van der Waals surface area contributed by atoms with Crippen molar-refractivity contribution in [2.24, 2.45) is 0 Å². The Bertz CT molecular complexity index is 679. The van der Waals surface area contributed by atoms with Crippen molar-refractivity contribution in [2.75, 3.05) is 0 Å². The summed E-state index contributed by atoms with van der Waals surface area (Å²) in [6.07, 6.45) is 1.02. The summed E-state index contributed by atoms with van der Waals surface area (Å²) in [7, 11) is 0. The molecule has 1 aromatic heterocycles. The van der Waals surface area contributed by atoms with Crippen LogP contribution in [0.2, 0.25) is 5.28 Å². The van der Waals surface area contributed by atoms with Gasteiger partial charge in [0.25, 0.3) is 5.69 Å². The lowest BCUT2D eigenvalue weighted by Crippen LogP contribution is -1.95. The summed E-state index contributed by atoms with van der Waals surface area (Å²) in [5.41, 5.74) is -0.345. The van der Waals surface area contributed by atoms with Gasteiger partial charge in [-0.15, -0.1) is 0 Å². The van der Waals surface area contributed by atoms with Gasteiger partial charge in [-0.1, -0.05) is 11.8 Å². The highest BCUT2D eigenvalue weighted by molar-refractivity contribution is 7.99. The first-order chi connectivity index (χ1) is 9.47. The number of benzene rings is 1. The molecule has 0 amide bonds. The number of non-ortho nitro benzene ring substituents is 1. The van der Waals surface area contributed by atoms with Crippen molar-refractivity contribution in [2.45, 2.75) is 9.92 Å². The number of hydrogen-bond acceptors (Lipinski definition) is 7. The van der Waals surface area contributed by atoms with E-state index >= 15 is 0 Å². The molecule has 1 aromatic carbocycles. The lowest BCUT2D eigenvalue weighted by molar-refractivity contribution is -0.388. The third-order valence-corrected chi connectivity index (χ3v) is 3.35. The van der Waals surface area contributed by atoms with Crippen LogP contribution in [0.1, 0.15) is 0 Å². The monoisotopic (exact) mass is 312 g/mol. The van der Waals surface area contributed by atoms with Gasteiger partial charge < -0.3 is 0 Å². The number of hydrogen-bond donors (Lipinski definition) is 0. The third kappa shape index (κ3) is 3.19. The molecule has 2 rings (SSSR count). The van der Waals surface area contributed by atoms with Crippen LogP contribution in [-0.2, 0) is 0 Å². The van der Waals surface area contributed by atoms with Crippen LogP contribution >= 0.6 is 23.4 Å². The first-order valence-corrected chi connectivity index (χ1v) is 6.26. The highest BCUT2D eigenvalue weighted by Gasteiger charge is 2.18. The SMILES string of the molecule is O=[N+]([O-])c1ccc(Sc2nc(Cl)ncc2[N+](=O)[O-])cc1. The van der Waals surface area contributed by atoms with Crippen molar-refractivity contribution in [3.8, 4) is 0 Å². The van der Waals surface area contributed by atoms with Crippen LogP contribution in [0.3, 0.4) is 0 Å². The van der Waals surface area contributed by atoms with Gasteiger partial charge in [0.2, 0.25) is 5.28 Å². The Balaban J connectivity index is 2.31. The van der Waals surface area contributed by atoms with Crippen molar-refractivity contribution >= 4 is 34.7 Å². The van der Waals surface area contributed by atoms with E-state index in [0.717, 1.165) is 18.0 Å². The van der Waals surface area contributed by atoms with Crippen LogP contribution in [-0.4, -0.2) is 19.8 Å². The van der Waals surface area contributed by atoms with Crippen LogP contribution in [0, 0.1) is 20.2 Å². The van der Waals surface area contributed by atoms with Crippen LogP contribution in [0.25, 0.3) is 0 Å². The third-order valence-electron chi connectivity index (χ3n) is 2.17. The molecule has 8 nitrogen and oxygen atoms in total. The quantitative estimate of drug-likeness (QED) is 0.369. The molecule has 0 radical (unpaired) electrons. The largest absolute Gasteiger partial charge is 0.319 e. The molecule has 20 heavy (non-hydrogen) atoms. The fourth-order valence-corrected chi connectivity index (χ4v) is 2.33. The molecule has 0 aliphatic heterocycles. The van der Waals surface area contributed by atoms with Crippen LogP contribution in [0.4, 0.5) is 11.4 Å². The Kier molecular flexibility index (Phi) is 4.11. The predicted molar refractivity (Wildman–Crippen MR) is 70.9 cm³/mol. The highest BCUT2D eigenvalue weighted by atomic mass is 35.5. The van der Waals surface area contributed by atoms with Crippen LogP contribution < -0.4 is 0 Å². The summed E-state index contributed by atoms with van der Waals surface area (Å²) < 4.78 is 0. The summed E-state index contributed by atoms with van der Waals surface area (Å²) in [5.74, 6) is 0. The fourth-order valence-electron chi connectivity index (χ4n) is 1.29. The van der Waals surface area contributed by atoms with Gasteiger partial charge in [0.1, 0.15) is 6.20 Å². The minimum absolute atomic E-state index is 0.0652. The van der Waals surface area contributed by atoms with Crippen molar-refractivity contribution < 1.29 is 9.85 Å². The highest BCUT2D eigenvalue weighted by Crippen LogP contribution is 2.33. The Morgan fingerprint density at radius 3 is 2.30 bits per heavy atom. The van der Waals surface area contributed by atoms with Crippen molar-refractivity contribution in [3.63, 3.8) is 0 Å². The molecule has 0 spiro atoms. The molecule has 0 aliphatic rings. The molecule has 0 saturated carbocycles. The van der Waals surface area contributed by atoms with Gasteiger partial charge >= 0.3 is 5.69 Å². The van der Waals surface area contributed by atoms with E-state index < -0.39 is 9.85 Å². The average Bonchev–Trinajstić information content (AvgIpc) is 2.39. The molecule has 0 fully saturated rings. The lowest BCUT2D eigenvalue weighted by atomic mass is 10.3. The van der Waals surface area contributed by atoms with Gasteiger partial charge in [0, 0.05) is 17.0 Å². The molecule has 2 aromatic rings. The number of halogens is 1. The Labute approximate surface area is 121 Å². The zero-order valence-electron chi connectivity index (χ0n) is 9.59. The standard InChI is InChI=1S/C10H5ClN4O4S/c11-10-12-5-8(15(18)19)9(13-10)20-7-3-1-6(2-4-7)14(16)17/h1-5H. The molecule has 0 bridgehead atoms. The Hall–Kier alpha value is -2.26. The normalized spacial score (nSPS) is 10.2. The zero-order valence-corrected chi connectivity index (χ0v) is 11.2. The molecule has 0 N–H and O–H groups in total. The topological polar surface area (TPSA) is 112 Å². The molecule has 1 heterocycles. The first-order valence-electron chi connectivity index (χ1n) is 5.06. The van der Waals surface area contributed by atoms with E-state index in [1.54, 1.807) is 0 Å². The smallest absolute Gasteiger partial charge is 0.258 e. The minimum Gasteiger partial charge on any atom is -0.258 e. The van der Waals surface area contributed by atoms with E-state index in [-0.39, 0.29) is 21.7 Å². The summed E-state index contributed by atoms with van der Waals surface area (Å²) in [5, 5.41) is 21.3. The first kappa shape index (κ1) is 14.2. The second-order valence-electron chi connectivity index (χ2n) is 3.44. The zero-order chi connectivity index (χ0) is 14.7. The maximum absolute atomic E-state index is 10.8. The number of aromatic nitrogens is 2. The van der Waals surface area contributed by atoms with Crippen LogP contribution in [0.5, 0.6) is 0 Å². The van der Waals surface area contributed by atoms with E-state index in [1.807, 2.05) is 0 Å². The van der Waals surface area contributed by atoms with Crippen LogP contribution in [0.15, 0.2) is 40.4 Å². The van der Waals surface area contributed by atoms with E-state index in [4.69, 9.17) is 11.6 Å². The van der Waals surface area contributed by atoms with Gasteiger partial charge in [0.05, 0.1) is 9.85 Å². The fraction of sp³-hybridized carbons (Fsp3) is 0. The predicted octanol–water partition coefficient (Wildman–Crippen LogP) is 3.10. The summed E-state index contributed by atoms with van der Waals surface area (Å²) in [4.78, 5) is 28.1. The second-order valence-corrected chi connectivity index (χ2v) is 4.84. The molecule has 0 saturated heterocycles. The van der Waals surface area contributed by atoms with E-state index in [1.165, 1.54) is 24.3 Å². The molecule has 0 aliphatic carbocycles. The molecular weight excluding hydrogens is 308 g/mol. The second kappa shape index (κ2) is 5.80. The molecule has 102 valence electrons. The van der Waals surface area contributed by atoms with Gasteiger partial charge in [-0.05, 0) is 23.7 Å². The van der Waals surface area contributed by atoms with Gasteiger partial charge in [-0.2, -0.15) is 0 Å². The maximum Gasteiger partial charge on any atom is 0.319 e. The summed E-state index contributed by atoms with van der Waals surface area (Å²) in [6.45, 7) is 0. The minimum atomic E-state index is -0.621. The van der Waals surface area contributed by atoms with E-state index in [0.29, 0.717) is 4.90 Å². The van der Waals surface area contributed by atoms with Crippen molar-refractivity contribution in [1.82, 2.24) is 9.97 Å². The van der Waals surface area contributed by atoms with E-state index in [2.05, 4.69) is 9.97 Å². The number of nitro groups is 2. The molecule has 0 unspecified atom stereocenters. The lowest BCUT2D eigenvalue weighted by Gasteiger charge is -2.02. The Morgan fingerprint density at radius 2 is 1.75 bits per heavy atom. The van der Waals surface area contributed by atoms with Gasteiger partial charge in [0.15, 0.2) is 5.03 Å². The molecular formula is C10H5ClN4O4S. The summed E-state index contributed by atoms with van der Waals surface area (Å²) in [6, 6.07) is 5.55. The molecule has 10 heteroatoms. The molecule has 0 atom stereocenters. The van der Waals surface area contributed by atoms with E-state index in [9.17, 15) is 20.2 Å². The maximum atomic E-state index is 10.8. The van der Waals surface area contributed by atoms with Crippen molar-refractivity contribution in [1.29, 1.82) is 0 Å². The average molecular weight is 313 g/mol. The number of nitrogens with zero attached hydrogens (tertiary/aromatic N) is 4. The summed E-state index contributed by atoms with van der Waals surface area (Å²) >= 11 is 6.58. The van der Waals surface area contributed by atoms with Gasteiger partial charge in [-0.25, -0.2) is 9.97 Å².